The molecule has 1 fully saturated rings. The molecule has 0 amide bonds. The number of nitrogens with zero attached hydrogens (tertiary/aromatic N) is 3. The van der Waals surface area contributed by atoms with Gasteiger partial charge in [0.05, 0.1) is 12.7 Å². The van der Waals surface area contributed by atoms with Gasteiger partial charge >= 0.3 is 6.01 Å². The predicted molar refractivity (Wildman–Crippen MR) is 89.6 cm³/mol. The minimum atomic E-state index is -0.826. The van der Waals surface area contributed by atoms with Gasteiger partial charge in [0.15, 0.2) is 11.5 Å². The number of piperidine rings is 1. The number of likely N-dealkylation sites (tertiary alicyclic amines) is 1. The third-order valence-corrected chi connectivity index (χ3v) is 4.86. The summed E-state index contributed by atoms with van der Waals surface area (Å²) in [5.74, 6) is 1.45. The highest BCUT2D eigenvalue weighted by Gasteiger charge is 2.35. The van der Waals surface area contributed by atoms with Crippen molar-refractivity contribution in [1.82, 2.24) is 14.9 Å². The van der Waals surface area contributed by atoms with Crippen LogP contribution in [0.3, 0.4) is 0 Å². The normalized spacial score (nSPS) is 19.0. The van der Waals surface area contributed by atoms with Crippen LogP contribution < -0.4 is 14.2 Å². The summed E-state index contributed by atoms with van der Waals surface area (Å²) in [5, 5.41) is 11.1. The van der Waals surface area contributed by atoms with Crippen molar-refractivity contribution in [3.8, 4) is 17.5 Å². The van der Waals surface area contributed by atoms with Crippen LogP contribution in [0.2, 0.25) is 0 Å². The van der Waals surface area contributed by atoms with E-state index >= 15 is 0 Å². The summed E-state index contributed by atoms with van der Waals surface area (Å²) in [6.07, 6.45) is 4.91. The second-order valence-corrected chi connectivity index (χ2v) is 6.45. The molecule has 4 rings (SSSR count). The van der Waals surface area contributed by atoms with Gasteiger partial charge in [0, 0.05) is 37.6 Å². The fourth-order valence-electron chi connectivity index (χ4n) is 3.34. The molecule has 25 heavy (non-hydrogen) atoms. The molecule has 2 aromatic rings. The summed E-state index contributed by atoms with van der Waals surface area (Å²) in [4.78, 5) is 10.6. The van der Waals surface area contributed by atoms with Gasteiger partial charge in [0.1, 0.15) is 0 Å². The Morgan fingerprint density at radius 3 is 2.60 bits per heavy atom. The molecule has 7 heteroatoms. The van der Waals surface area contributed by atoms with Crippen molar-refractivity contribution < 1.29 is 19.3 Å². The predicted octanol–water partition coefficient (Wildman–Crippen LogP) is 1.70. The molecule has 2 aliphatic heterocycles. The zero-order valence-electron chi connectivity index (χ0n) is 14.1. The second kappa shape index (κ2) is 6.50. The lowest BCUT2D eigenvalue weighted by Gasteiger charge is -2.38. The van der Waals surface area contributed by atoms with Gasteiger partial charge in [-0.3, -0.25) is 4.90 Å². The summed E-state index contributed by atoms with van der Waals surface area (Å²) in [6.45, 7) is 2.62. The number of aromatic nitrogens is 2. The third kappa shape index (κ3) is 3.25. The van der Waals surface area contributed by atoms with E-state index in [4.69, 9.17) is 14.2 Å². The molecule has 0 unspecified atom stereocenters. The first-order chi connectivity index (χ1) is 12.2. The van der Waals surface area contributed by atoms with Crippen molar-refractivity contribution in [3.05, 3.63) is 41.7 Å². The van der Waals surface area contributed by atoms with E-state index in [-0.39, 0.29) is 6.79 Å². The zero-order valence-corrected chi connectivity index (χ0v) is 14.1. The van der Waals surface area contributed by atoms with Crippen LogP contribution in [-0.4, -0.2) is 47.0 Å². The molecule has 0 aliphatic carbocycles. The average molecular weight is 343 g/mol. The van der Waals surface area contributed by atoms with Gasteiger partial charge in [-0.25, -0.2) is 9.97 Å². The van der Waals surface area contributed by atoms with Crippen LogP contribution in [0.15, 0.2) is 30.6 Å². The van der Waals surface area contributed by atoms with Crippen LogP contribution in [0.1, 0.15) is 24.0 Å². The Bertz CT molecular complexity index is 742. The maximum Gasteiger partial charge on any atom is 0.316 e. The number of aliphatic hydroxyl groups is 1. The van der Waals surface area contributed by atoms with E-state index in [1.165, 1.54) is 0 Å². The fourth-order valence-corrected chi connectivity index (χ4v) is 3.34. The topological polar surface area (TPSA) is 76.9 Å². The monoisotopic (exact) mass is 343 g/mol. The molecule has 3 heterocycles. The van der Waals surface area contributed by atoms with Crippen LogP contribution in [0.4, 0.5) is 0 Å². The summed E-state index contributed by atoms with van der Waals surface area (Å²) in [6, 6.07) is 6.08. The van der Waals surface area contributed by atoms with E-state index in [1.807, 2.05) is 18.2 Å². The molecule has 0 atom stereocenters. The van der Waals surface area contributed by atoms with E-state index in [1.54, 1.807) is 19.5 Å². The van der Waals surface area contributed by atoms with Gasteiger partial charge in [-0.05, 0) is 30.5 Å². The van der Waals surface area contributed by atoms with Gasteiger partial charge in [0.25, 0.3) is 0 Å². The van der Waals surface area contributed by atoms with Crippen molar-refractivity contribution in [2.75, 3.05) is 27.0 Å². The number of methoxy groups -OCH3 is 1. The fraction of sp³-hybridized carbons (Fsp3) is 0.444. The van der Waals surface area contributed by atoms with Crippen molar-refractivity contribution in [2.24, 2.45) is 0 Å². The van der Waals surface area contributed by atoms with E-state index in [0.717, 1.165) is 36.5 Å². The van der Waals surface area contributed by atoms with Gasteiger partial charge in [0.2, 0.25) is 6.79 Å². The van der Waals surface area contributed by atoms with Crippen LogP contribution in [0.5, 0.6) is 17.5 Å². The Hall–Kier alpha value is -2.38. The number of fused-ring (bicyclic) bond motifs is 1. The summed E-state index contributed by atoms with van der Waals surface area (Å²) >= 11 is 0. The minimum absolute atomic E-state index is 0.245. The highest BCUT2D eigenvalue weighted by molar-refractivity contribution is 5.46. The maximum absolute atomic E-state index is 11.1. The van der Waals surface area contributed by atoms with Gasteiger partial charge in [-0.1, -0.05) is 6.07 Å². The van der Waals surface area contributed by atoms with Crippen LogP contribution in [0, 0.1) is 0 Å². The van der Waals surface area contributed by atoms with Crippen LogP contribution >= 0.6 is 0 Å². The number of hydrogen-bond donors (Lipinski definition) is 1. The van der Waals surface area contributed by atoms with Gasteiger partial charge in [-0.2, -0.15) is 0 Å². The van der Waals surface area contributed by atoms with E-state index in [2.05, 4.69) is 14.9 Å². The standard InChI is InChI=1S/C18H21N3O4/c1-23-17-19-9-13(10-20-17)11-21-6-4-18(22,5-7-21)14-2-3-15-16(8-14)25-12-24-15/h2-3,8-10,22H,4-7,11-12H2,1H3. The quantitative estimate of drug-likeness (QED) is 0.905. The molecule has 2 aliphatic rings. The van der Waals surface area contributed by atoms with E-state index in [9.17, 15) is 5.11 Å². The van der Waals surface area contributed by atoms with E-state index < -0.39 is 5.60 Å². The largest absolute Gasteiger partial charge is 0.467 e. The van der Waals surface area contributed by atoms with Gasteiger partial charge < -0.3 is 19.3 Å². The average Bonchev–Trinajstić information content (AvgIpc) is 3.12. The third-order valence-electron chi connectivity index (χ3n) is 4.86. The number of hydrogen-bond acceptors (Lipinski definition) is 7. The lowest BCUT2D eigenvalue weighted by Crippen LogP contribution is -2.42. The number of benzene rings is 1. The van der Waals surface area contributed by atoms with Crippen molar-refractivity contribution in [3.63, 3.8) is 0 Å². The van der Waals surface area contributed by atoms with E-state index in [0.29, 0.717) is 24.6 Å². The lowest BCUT2D eigenvalue weighted by atomic mass is 9.84. The Balaban J connectivity index is 1.40. The molecule has 0 radical (unpaired) electrons. The molecular weight excluding hydrogens is 322 g/mol. The second-order valence-electron chi connectivity index (χ2n) is 6.45. The van der Waals surface area contributed by atoms with Gasteiger partial charge in [-0.15, -0.1) is 0 Å². The van der Waals surface area contributed by atoms with Crippen molar-refractivity contribution >= 4 is 0 Å². The molecule has 0 spiro atoms. The molecule has 1 saturated heterocycles. The number of rotatable bonds is 4. The highest BCUT2D eigenvalue weighted by Crippen LogP contribution is 2.39. The summed E-state index contributed by atoms with van der Waals surface area (Å²) < 4.78 is 15.7. The Labute approximate surface area is 146 Å². The molecule has 1 aromatic carbocycles. The Morgan fingerprint density at radius 2 is 1.88 bits per heavy atom. The Kier molecular flexibility index (Phi) is 4.19. The van der Waals surface area contributed by atoms with Crippen LogP contribution in [0.25, 0.3) is 0 Å². The smallest absolute Gasteiger partial charge is 0.316 e. The first-order valence-corrected chi connectivity index (χ1v) is 8.36. The first kappa shape index (κ1) is 16.1. The molecule has 7 nitrogen and oxygen atoms in total. The van der Waals surface area contributed by atoms with Crippen molar-refractivity contribution in [2.45, 2.75) is 25.0 Å². The first-order valence-electron chi connectivity index (χ1n) is 8.36. The Morgan fingerprint density at radius 1 is 1.16 bits per heavy atom. The molecule has 1 N–H and O–H groups in total. The van der Waals surface area contributed by atoms with Crippen molar-refractivity contribution in [1.29, 1.82) is 0 Å². The molecule has 0 bridgehead atoms. The zero-order chi connectivity index (χ0) is 17.3. The molecule has 1 aromatic heterocycles. The summed E-state index contributed by atoms with van der Waals surface area (Å²) in [5.41, 5.74) is 1.10. The minimum Gasteiger partial charge on any atom is -0.467 e. The number of ether oxygens (including phenoxy) is 3. The SMILES string of the molecule is COc1ncc(CN2CCC(O)(c3ccc4c(c3)OCO4)CC2)cn1. The highest BCUT2D eigenvalue weighted by atomic mass is 16.7. The molecule has 0 saturated carbocycles. The maximum atomic E-state index is 11.1. The molecular formula is C18H21N3O4. The lowest BCUT2D eigenvalue weighted by molar-refractivity contribution is -0.0278. The molecule has 132 valence electrons. The summed E-state index contributed by atoms with van der Waals surface area (Å²) in [7, 11) is 1.55. The van der Waals surface area contributed by atoms with Crippen LogP contribution in [-0.2, 0) is 12.1 Å².